The number of benzene rings is 1. The van der Waals surface area contributed by atoms with Gasteiger partial charge in [0.05, 0.1) is 10.7 Å². The fraction of sp³-hybridized carbons (Fsp3) is 0.200. The Morgan fingerprint density at radius 1 is 1.43 bits per heavy atom. The third kappa shape index (κ3) is 1.51. The predicted octanol–water partition coefficient (Wildman–Crippen LogP) is 2.90. The fourth-order valence-electron chi connectivity index (χ4n) is 1.41. The molecule has 72 valence electrons. The number of nitrogens with zero attached hydrogens (tertiary/aromatic N) is 2. The summed E-state index contributed by atoms with van der Waals surface area (Å²) in [4.78, 5) is 0. The average molecular weight is 208 g/mol. The van der Waals surface area contributed by atoms with Gasteiger partial charge in [-0.15, -0.1) is 0 Å². The number of anilines is 1. The Bertz CT molecular complexity index is 412. The quantitative estimate of drug-likeness (QED) is 0.756. The molecule has 1 heterocycles. The standard InChI is InChI=1S/C10H10ClN3/c1-7-6-10(12)14(13-7)9-5-3-2-4-8(9)11/h2-5,12H,6H2,1H3. The van der Waals surface area contributed by atoms with Crippen LogP contribution in [-0.4, -0.2) is 11.5 Å². The monoisotopic (exact) mass is 207 g/mol. The van der Waals surface area contributed by atoms with Crippen molar-refractivity contribution in [2.24, 2.45) is 5.10 Å². The summed E-state index contributed by atoms with van der Waals surface area (Å²) in [5.74, 6) is 0.468. The van der Waals surface area contributed by atoms with Crippen LogP contribution in [0.3, 0.4) is 0 Å². The maximum atomic E-state index is 7.72. The average Bonchev–Trinajstić information content (AvgIpc) is 2.46. The molecule has 14 heavy (non-hydrogen) atoms. The minimum absolute atomic E-state index is 0.468. The Morgan fingerprint density at radius 3 is 2.71 bits per heavy atom. The second-order valence-electron chi connectivity index (χ2n) is 3.22. The lowest BCUT2D eigenvalue weighted by Crippen LogP contribution is -2.19. The van der Waals surface area contributed by atoms with Gasteiger partial charge in [-0.2, -0.15) is 5.10 Å². The van der Waals surface area contributed by atoms with Gasteiger partial charge >= 0.3 is 0 Å². The van der Waals surface area contributed by atoms with Gasteiger partial charge in [0.15, 0.2) is 0 Å². The Labute approximate surface area is 87.5 Å². The number of nitrogens with one attached hydrogen (secondary N) is 1. The molecule has 4 heteroatoms. The third-order valence-corrected chi connectivity index (χ3v) is 2.35. The van der Waals surface area contributed by atoms with E-state index in [1.165, 1.54) is 0 Å². The molecule has 0 bridgehead atoms. The number of hydrazone groups is 1. The number of para-hydroxylation sites is 1. The number of rotatable bonds is 1. The van der Waals surface area contributed by atoms with Crippen LogP contribution in [0.1, 0.15) is 13.3 Å². The van der Waals surface area contributed by atoms with Gasteiger partial charge in [-0.05, 0) is 19.1 Å². The van der Waals surface area contributed by atoms with Crippen molar-refractivity contribution >= 4 is 28.8 Å². The van der Waals surface area contributed by atoms with Crippen molar-refractivity contribution in [3.8, 4) is 0 Å². The molecule has 1 aromatic carbocycles. The Morgan fingerprint density at radius 2 is 2.14 bits per heavy atom. The van der Waals surface area contributed by atoms with Crippen LogP contribution in [0.2, 0.25) is 5.02 Å². The highest BCUT2D eigenvalue weighted by Gasteiger charge is 2.20. The molecule has 1 aliphatic rings. The van der Waals surface area contributed by atoms with Crippen LogP contribution in [0.4, 0.5) is 5.69 Å². The van der Waals surface area contributed by atoms with Crippen LogP contribution in [0, 0.1) is 5.41 Å². The molecule has 0 atom stereocenters. The molecule has 0 amide bonds. The first-order chi connectivity index (χ1) is 6.68. The van der Waals surface area contributed by atoms with Gasteiger partial charge in [0, 0.05) is 12.1 Å². The molecule has 0 spiro atoms. The van der Waals surface area contributed by atoms with E-state index in [2.05, 4.69) is 5.10 Å². The lowest BCUT2D eigenvalue weighted by Gasteiger charge is -2.14. The molecular formula is C10H10ClN3. The molecule has 1 aliphatic heterocycles. The topological polar surface area (TPSA) is 39.5 Å². The number of halogens is 1. The van der Waals surface area contributed by atoms with Gasteiger partial charge in [0.1, 0.15) is 5.84 Å². The maximum absolute atomic E-state index is 7.72. The van der Waals surface area contributed by atoms with E-state index < -0.39 is 0 Å². The van der Waals surface area contributed by atoms with Gasteiger partial charge in [0.2, 0.25) is 0 Å². The predicted molar refractivity (Wildman–Crippen MR) is 59.4 cm³/mol. The summed E-state index contributed by atoms with van der Waals surface area (Å²) in [5.41, 5.74) is 1.71. The molecule has 0 aromatic heterocycles. The van der Waals surface area contributed by atoms with E-state index in [0.717, 1.165) is 11.4 Å². The zero-order valence-electron chi connectivity index (χ0n) is 7.79. The van der Waals surface area contributed by atoms with Crippen molar-refractivity contribution in [2.45, 2.75) is 13.3 Å². The Hall–Kier alpha value is -1.35. The molecule has 1 aromatic rings. The zero-order chi connectivity index (χ0) is 10.1. The zero-order valence-corrected chi connectivity index (χ0v) is 8.54. The molecule has 2 rings (SSSR count). The SMILES string of the molecule is CC1=NN(c2ccccc2Cl)C(=N)C1. The van der Waals surface area contributed by atoms with E-state index in [0.29, 0.717) is 17.3 Å². The van der Waals surface area contributed by atoms with Crippen molar-refractivity contribution in [3.05, 3.63) is 29.3 Å². The highest BCUT2D eigenvalue weighted by atomic mass is 35.5. The maximum Gasteiger partial charge on any atom is 0.128 e. The van der Waals surface area contributed by atoms with E-state index in [-0.39, 0.29) is 0 Å². The molecule has 1 N–H and O–H groups in total. The smallest absolute Gasteiger partial charge is 0.128 e. The molecule has 0 saturated carbocycles. The third-order valence-electron chi connectivity index (χ3n) is 2.03. The largest absolute Gasteiger partial charge is 0.286 e. The van der Waals surface area contributed by atoms with Crippen molar-refractivity contribution in [2.75, 3.05) is 5.01 Å². The van der Waals surface area contributed by atoms with Crippen molar-refractivity contribution in [1.82, 2.24) is 0 Å². The molecular weight excluding hydrogens is 198 g/mol. The molecule has 0 unspecified atom stereocenters. The van der Waals surface area contributed by atoms with Gasteiger partial charge in [-0.3, -0.25) is 5.41 Å². The van der Waals surface area contributed by atoms with Crippen molar-refractivity contribution in [1.29, 1.82) is 5.41 Å². The first-order valence-corrected chi connectivity index (χ1v) is 4.72. The normalized spacial score (nSPS) is 16.0. The minimum Gasteiger partial charge on any atom is -0.286 e. The summed E-state index contributed by atoms with van der Waals surface area (Å²) in [6, 6.07) is 7.41. The Kier molecular flexibility index (Phi) is 2.25. The highest BCUT2D eigenvalue weighted by molar-refractivity contribution is 6.34. The van der Waals surface area contributed by atoms with Crippen molar-refractivity contribution < 1.29 is 0 Å². The van der Waals surface area contributed by atoms with E-state index in [1.807, 2.05) is 25.1 Å². The van der Waals surface area contributed by atoms with E-state index in [9.17, 15) is 0 Å². The van der Waals surface area contributed by atoms with Crippen LogP contribution in [-0.2, 0) is 0 Å². The fourth-order valence-corrected chi connectivity index (χ4v) is 1.62. The molecule has 0 aliphatic carbocycles. The summed E-state index contributed by atoms with van der Waals surface area (Å²) in [6.07, 6.45) is 0.602. The Balaban J connectivity index is 2.41. The summed E-state index contributed by atoms with van der Waals surface area (Å²) in [6.45, 7) is 1.91. The van der Waals surface area contributed by atoms with Crippen LogP contribution >= 0.6 is 11.6 Å². The van der Waals surface area contributed by atoms with Crippen LogP contribution in [0.15, 0.2) is 29.4 Å². The molecule has 0 radical (unpaired) electrons. The van der Waals surface area contributed by atoms with Gasteiger partial charge in [0.25, 0.3) is 0 Å². The van der Waals surface area contributed by atoms with Gasteiger partial charge in [-0.25, -0.2) is 5.01 Å². The summed E-state index contributed by atoms with van der Waals surface area (Å²) in [7, 11) is 0. The molecule has 0 fully saturated rings. The number of amidine groups is 1. The summed E-state index contributed by atoms with van der Waals surface area (Å²) >= 11 is 6.01. The first kappa shape index (κ1) is 9.21. The lowest BCUT2D eigenvalue weighted by atomic mass is 10.3. The van der Waals surface area contributed by atoms with Crippen molar-refractivity contribution in [3.63, 3.8) is 0 Å². The van der Waals surface area contributed by atoms with E-state index in [4.69, 9.17) is 17.0 Å². The molecule has 0 saturated heterocycles. The van der Waals surface area contributed by atoms with Gasteiger partial charge in [-0.1, -0.05) is 23.7 Å². The van der Waals surface area contributed by atoms with Crippen LogP contribution in [0.5, 0.6) is 0 Å². The van der Waals surface area contributed by atoms with Gasteiger partial charge < -0.3 is 0 Å². The number of hydrogen-bond acceptors (Lipinski definition) is 2. The lowest BCUT2D eigenvalue weighted by molar-refractivity contribution is 1.13. The number of hydrogen-bond donors (Lipinski definition) is 1. The van der Waals surface area contributed by atoms with Crippen LogP contribution in [0.25, 0.3) is 0 Å². The first-order valence-electron chi connectivity index (χ1n) is 4.34. The molecule has 3 nitrogen and oxygen atoms in total. The minimum atomic E-state index is 0.468. The summed E-state index contributed by atoms with van der Waals surface area (Å²) < 4.78 is 0. The highest BCUT2D eigenvalue weighted by Crippen LogP contribution is 2.28. The van der Waals surface area contributed by atoms with E-state index in [1.54, 1.807) is 11.1 Å². The van der Waals surface area contributed by atoms with E-state index >= 15 is 0 Å². The summed E-state index contributed by atoms with van der Waals surface area (Å²) in [5, 5.41) is 14.2. The van der Waals surface area contributed by atoms with Crippen LogP contribution < -0.4 is 5.01 Å². The second-order valence-corrected chi connectivity index (χ2v) is 3.63. The second kappa shape index (κ2) is 3.42.